The van der Waals surface area contributed by atoms with Gasteiger partial charge < -0.3 is 5.73 Å². The van der Waals surface area contributed by atoms with Crippen LogP contribution < -0.4 is 10.5 Å². The van der Waals surface area contributed by atoms with E-state index in [-0.39, 0.29) is 6.04 Å². The lowest BCUT2D eigenvalue weighted by Gasteiger charge is -2.17. The quantitative estimate of drug-likeness (QED) is 0.793. The summed E-state index contributed by atoms with van der Waals surface area (Å²) in [6.45, 7) is 1.68. The van der Waals surface area contributed by atoms with Gasteiger partial charge in [-0.2, -0.15) is 0 Å². The zero-order valence-corrected chi connectivity index (χ0v) is 15.3. The molecule has 0 saturated heterocycles. The van der Waals surface area contributed by atoms with Crippen molar-refractivity contribution in [1.82, 2.24) is 4.72 Å². The summed E-state index contributed by atoms with van der Waals surface area (Å²) < 4.78 is 24.2. The van der Waals surface area contributed by atoms with Crippen LogP contribution >= 0.6 is 0 Å². The Labute approximate surface area is 149 Å². The second-order valence-corrected chi connectivity index (χ2v) is 8.15. The predicted molar refractivity (Wildman–Crippen MR) is 100 cm³/mol. The maximum atomic E-state index is 11.8. The summed E-state index contributed by atoms with van der Waals surface area (Å²) in [5, 5.41) is 0. The molecule has 2 aromatic rings. The fourth-order valence-electron chi connectivity index (χ4n) is 2.69. The maximum absolute atomic E-state index is 11.8. The molecule has 6 heteroatoms. The number of benzene rings is 2. The van der Waals surface area contributed by atoms with Crippen molar-refractivity contribution in [3.8, 4) is 11.1 Å². The molecule has 2 atom stereocenters. The molecule has 0 saturated carbocycles. The van der Waals surface area contributed by atoms with Crippen LogP contribution in [-0.2, 0) is 21.2 Å². The van der Waals surface area contributed by atoms with E-state index in [0.29, 0.717) is 12.8 Å². The van der Waals surface area contributed by atoms with E-state index in [1.807, 2.05) is 35.1 Å². The minimum Gasteiger partial charge on any atom is -0.327 e. The van der Waals surface area contributed by atoms with Gasteiger partial charge in [0.1, 0.15) is 0 Å². The summed E-state index contributed by atoms with van der Waals surface area (Å²) in [5.74, 6) is -0.981. The Morgan fingerprint density at radius 1 is 1.04 bits per heavy atom. The van der Waals surface area contributed by atoms with Crippen molar-refractivity contribution < 1.29 is 13.2 Å². The fraction of sp³-hybridized carbons (Fsp3) is 0.316. The SMILES string of the molecule is CC(CC(N)Cc1ccc(-c2ccccc2)cc1)C(=O)NS(C)(=O)=O. The van der Waals surface area contributed by atoms with E-state index >= 15 is 0 Å². The number of hydrogen-bond acceptors (Lipinski definition) is 4. The summed E-state index contributed by atoms with van der Waals surface area (Å²) in [6.07, 6.45) is 2.01. The van der Waals surface area contributed by atoms with E-state index in [1.165, 1.54) is 0 Å². The van der Waals surface area contributed by atoms with Crippen LogP contribution in [-0.4, -0.2) is 26.6 Å². The molecule has 134 valence electrons. The number of sulfonamides is 1. The third-order valence-electron chi connectivity index (χ3n) is 3.95. The molecular formula is C19H24N2O3S. The topological polar surface area (TPSA) is 89.3 Å². The smallest absolute Gasteiger partial charge is 0.236 e. The molecule has 0 bridgehead atoms. The highest BCUT2D eigenvalue weighted by molar-refractivity contribution is 7.89. The molecule has 2 unspecified atom stereocenters. The van der Waals surface area contributed by atoms with Gasteiger partial charge in [-0.3, -0.25) is 9.52 Å². The standard InChI is InChI=1S/C19H24N2O3S/c1-14(19(22)21-25(2,23)24)12-18(20)13-15-8-10-17(11-9-15)16-6-4-3-5-7-16/h3-11,14,18H,12-13,20H2,1-2H3,(H,21,22). The third-order valence-corrected chi connectivity index (χ3v) is 4.52. The van der Waals surface area contributed by atoms with Gasteiger partial charge in [0.05, 0.1) is 6.26 Å². The Morgan fingerprint density at radius 2 is 1.60 bits per heavy atom. The zero-order chi connectivity index (χ0) is 18.4. The van der Waals surface area contributed by atoms with Crippen molar-refractivity contribution in [3.63, 3.8) is 0 Å². The van der Waals surface area contributed by atoms with Gasteiger partial charge in [0, 0.05) is 12.0 Å². The lowest BCUT2D eigenvalue weighted by molar-refractivity contribution is -0.122. The largest absolute Gasteiger partial charge is 0.327 e. The molecule has 3 N–H and O–H groups in total. The number of rotatable bonds is 7. The van der Waals surface area contributed by atoms with E-state index in [4.69, 9.17) is 5.73 Å². The molecule has 0 fully saturated rings. The minimum atomic E-state index is -3.53. The second kappa shape index (κ2) is 8.27. The Hall–Kier alpha value is -2.18. The van der Waals surface area contributed by atoms with Crippen molar-refractivity contribution in [2.24, 2.45) is 11.7 Å². The number of nitrogens with two attached hydrogens (primary N) is 1. The molecule has 5 nitrogen and oxygen atoms in total. The molecular weight excluding hydrogens is 336 g/mol. The van der Waals surface area contributed by atoms with Gasteiger partial charge >= 0.3 is 0 Å². The van der Waals surface area contributed by atoms with Crippen molar-refractivity contribution in [3.05, 3.63) is 60.2 Å². The van der Waals surface area contributed by atoms with Crippen LogP contribution in [0.25, 0.3) is 11.1 Å². The summed E-state index contributed by atoms with van der Waals surface area (Å²) in [4.78, 5) is 11.8. The average Bonchev–Trinajstić information content (AvgIpc) is 2.54. The molecule has 25 heavy (non-hydrogen) atoms. The van der Waals surface area contributed by atoms with E-state index < -0.39 is 21.8 Å². The summed E-state index contributed by atoms with van der Waals surface area (Å²) >= 11 is 0. The Kier molecular flexibility index (Phi) is 6.33. The van der Waals surface area contributed by atoms with Crippen LogP contribution in [0, 0.1) is 5.92 Å². The summed E-state index contributed by atoms with van der Waals surface area (Å²) in [5.41, 5.74) is 9.51. The van der Waals surface area contributed by atoms with E-state index in [1.54, 1.807) is 6.92 Å². The van der Waals surface area contributed by atoms with Gasteiger partial charge in [-0.25, -0.2) is 8.42 Å². The molecule has 0 aromatic heterocycles. The van der Waals surface area contributed by atoms with Crippen molar-refractivity contribution >= 4 is 15.9 Å². The molecule has 0 aliphatic carbocycles. The highest BCUT2D eigenvalue weighted by Gasteiger charge is 2.19. The lowest BCUT2D eigenvalue weighted by Crippen LogP contribution is -2.37. The van der Waals surface area contributed by atoms with E-state index in [0.717, 1.165) is 22.9 Å². The lowest BCUT2D eigenvalue weighted by atomic mass is 9.95. The number of hydrogen-bond donors (Lipinski definition) is 2. The first kappa shape index (κ1) is 19.1. The van der Waals surface area contributed by atoms with Crippen molar-refractivity contribution in [2.75, 3.05) is 6.26 Å². The molecule has 0 aliphatic rings. The molecule has 0 spiro atoms. The summed E-state index contributed by atoms with van der Waals surface area (Å²) in [7, 11) is -3.53. The first-order valence-electron chi connectivity index (χ1n) is 8.16. The third kappa shape index (κ3) is 6.32. The molecule has 2 rings (SSSR count). The highest BCUT2D eigenvalue weighted by atomic mass is 32.2. The van der Waals surface area contributed by atoms with Gasteiger partial charge in [-0.1, -0.05) is 61.5 Å². The number of amides is 1. The van der Waals surface area contributed by atoms with Crippen LogP contribution in [0.1, 0.15) is 18.9 Å². The van der Waals surface area contributed by atoms with Crippen LogP contribution in [0.3, 0.4) is 0 Å². The summed E-state index contributed by atoms with van der Waals surface area (Å²) in [6, 6.07) is 18.1. The van der Waals surface area contributed by atoms with Gasteiger partial charge in [0.2, 0.25) is 15.9 Å². The molecule has 1 amide bonds. The van der Waals surface area contributed by atoms with Crippen LogP contribution in [0.2, 0.25) is 0 Å². The van der Waals surface area contributed by atoms with Crippen molar-refractivity contribution in [1.29, 1.82) is 0 Å². The number of carbonyl (C=O) groups excluding carboxylic acids is 1. The monoisotopic (exact) mass is 360 g/mol. The molecule has 0 heterocycles. The number of carbonyl (C=O) groups is 1. The second-order valence-electron chi connectivity index (χ2n) is 6.40. The Morgan fingerprint density at radius 3 is 2.16 bits per heavy atom. The minimum absolute atomic E-state index is 0.220. The first-order chi connectivity index (χ1) is 11.7. The zero-order valence-electron chi connectivity index (χ0n) is 14.5. The normalized spacial score (nSPS) is 13.9. The van der Waals surface area contributed by atoms with Gasteiger partial charge in [-0.15, -0.1) is 0 Å². The molecule has 0 radical (unpaired) electrons. The van der Waals surface area contributed by atoms with Crippen LogP contribution in [0.4, 0.5) is 0 Å². The van der Waals surface area contributed by atoms with Gasteiger partial charge in [-0.05, 0) is 29.5 Å². The molecule has 0 aliphatic heterocycles. The molecule has 2 aromatic carbocycles. The van der Waals surface area contributed by atoms with Crippen LogP contribution in [0.5, 0.6) is 0 Å². The van der Waals surface area contributed by atoms with Crippen LogP contribution in [0.15, 0.2) is 54.6 Å². The van der Waals surface area contributed by atoms with Gasteiger partial charge in [0.25, 0.3) is 0 Å². The van der Waals surface area contributed by atoms with Crippen molar-refractivity contribution in [2.45, 2.75) is 25.8 Å². The van der Waals surface area contributed by atoms with E-state index in [2.05, 4.69) is 24.3 Å². The maximum Gasteiger partial charge on any atom is 0.236 e. The van der Waals surface area contributed by atoms with E-state index in [9.17, 15) is 13.2 Å². The van der Waals surface area contributed by atoms with Gasteiger partial charge in [0.15, 0.2) is 0 Å². The Bertz CT molecular complexity index is 802. The Balaban J connectivity index is 1.92. The first-order valence-corrected chi connectivity index (χ1v) is 10.1. The highest BCUT2D eigenvalue weighted by Crippen LogP contribution is 2.20. The fourth-order valence-corrected chi connectivity index (χ4v) is 3.26. The predicted octanol–water partition coefficient (Wildman–Crippen LogP) is 2.33. The number of nitrogens with one attached hydrogen (secondary N) is 1. The average molecular weight is 360 g/mol.